The first-order valence-corrected chi connectivity index (χ1v) is 12.1. The predicted molar refractivity (Wildman–Crippen MR) is 130 cm³/mol. The minimum atomic E-state index is -0.112. The van der Waals surface area contributed by atoms with E-state index >= 15 is 0 Å². The highest BCUT2D eigenvalue weighted by molar-refractivity contribution is 6.02. The monoisotopic (exact) mass is 441 g/mol. The van der Waals surface area contributed by atoms with E-state index in [9.17, 15) is 9.59 Å². The number of hydrogen-bond acceptors (Lipinski definition) is 3. The molecule has 1 amide bonds. The van der Waals surface area contributed by atoms with E-state index in [-0.39, 0.29) is 16.9 Å². The Balaban J connectivity index is 1.28. The highest BCUT2D eigenvalue weighted by Crippen LogP contribution is 2.70. The van der Waals surface area contributed by atoms with Gasteiger partial charge in [0.1, 0.15) is 0 Å². The van der Waals surface area contributed by atoms with Gasteiger partial charge in [-0.15, -0.1) is 0 Å². The summed E-state index contributed by atoms with van der Waals surface area (Å²) in [6.07, 6.45) is 13.2. The van der Waals surface area contributed by atoms with Crippen LogP contribution in [0.1, 0.15) is 58.8 Å². The molecule has 0 radical (unpaired) electrons. The maximum absolute atomic E-state index is 13.3. The summed E-state index contributed by atoms with van der Waals surface area (Å²) in [6, 6.07) is 11.1. The van der Waals surface area contributed by atoms with E-state index < -0.39 is 0 Å². The Morgan fingerprint density at radius 1 is 1.03 bits per heavy atom. The van der Waals surface area contributed by atoms with E-state index in [1.807, 2.05) is 36.4 Å². The zero-order chi connectivity index (χ0) is 22.8. The molecule has 2 aromatic heterocycles. The van der Waals surface area contributed by atoms with Crippen LogP contribution in [0.3, 0.4) is 0 Å². The quantitative estimate of drug-likeness (QED) is 0.564. The Kier molecular flexibility index (Phi) is 4.39. The summed E-state index contributed by atoms with van der Waals surface area (Å²) >= 11 is 0. The standard InChI is InChI=1S/C28H31N3O2/c1-26-11-19-12-27(2,16-26)18-28(13-19,17-26)14-24(32)30-23-7-3-6-22-21(23)8-10-31(25(22)33)20-5-4-9-29-15-20/h3-10,15,19H,11-14,16-18H2,1-2H3,(H,30,32). The Morgan fingerprint density at radius 2 is 1.82 bits per heavy atom. The van der Waals surface area contributed by atoms with Gasteiger partial charge in [0.05, 0.1) is 11.9 Å². The van der Waals surface area contributed by atoms with Crippen LogP contribution in [0, 0.1) is 22.2 Å². The van der Waals surface area contributed by atoms with Gasteiger partial charge in [-0.2, -0.15) is 0 Å². The highest BCUT2D eigenvalue weighted by atomic mass is 16.1. The number of carbonyl (C=O) groups excluding carboxylic acids is 1. The van der Waals surface area contributed by atoms with Gasteiger partial charge in [-0.25, -0.2) is 0 Å². The Hall–Kier alpha value is -2.95. The first kappa shape index (κ1) is 20.6. The zero-order valence-electron chi connectivity index (χ0n) is 19.4. The van der Waals surface area contributed by atoms with E-state index in [2.05, 4.69) is 24.1 Å². The van der Waals surface area contributed by atoms with Crippen molar-refractivity contribution in [3.05, 3.63) is 65.3 Å². The lowest BCUT2D eigenvalue weighted by Crippen LogP contribution is -2.55. The van der Waals surface area contributed by atoms with Gasteiger partial charge in [-0.3, -0.25) is 19.1 Å². The van der Waals surface area contributed by atoms with Crippen LogP contribution in [0.4, 0.5) is 5.69 Å². The molecule has 4 bridgehead atoms. The van der Waals surface area contributed by atoms with E-state index in [4.69, 9.17) is 0 Å². The summed E-state index contributed by atoms with van der Waals surface area (Å²) in [5.41, 5.74) is 2.25. The molecule has 4 fully saturated rings. The van der Waals surface area contributed by atoms with E-state index in [1.54, 1.807) is 23.2 Å². The molecule has 0 aliphatic heterocycles. The molecular weight excluding hydrogens is 410 g/mol. The van der Waals surface area contributed by atoms with Gasteiger partial charge < -0.3 is 5.32 Å². The van der Waals surface area contributed by atoms with Gasteiger partial charge in [-0.1, -0.05) is 19.9 Å². The molecule has 4 aliphatic carbocycles. The minimum absolute atomic E-state index is 0.0769. The molecule has 3 aromatic rings. The fraction of sp³-hybridized carbons (Fsp3) is 0.464. The zero-order valence-corrected chi connectivity index (χ0v) is 19.4. The number of carbonyl (C=O) groups is 1. The molecule has 0 spiro atoms. The van der Waals surface area contributed by atoms with Crippen molar-refractivity contribution in [1.82, 2.24) is 9.55 Å². The normalized spacial score (nSPS) is 32.2. The number of fused-ring (bicyclic) bond motifs is 1. The predicted octanol–water partition coefficient (Wildman–Crippen LogP) is 5.71. The van der Waals surface area contributed by atoms with Crippen molar-refractivity contribution in [2.24, 2.45) is 22.2 Å². The molecule has 170 valence electrons. The van der Waals surface area contributed by atoms with Gasteiger partial charge in [0.2, 0.25) is 5.91 Å². The third-order valence-corrected chi connectivity index (χ3v) is 8.42. The molecule has 5 nitrogen and oxygen atoms in total. The second-order valence-corrected chi connectivity index (χ2v) is 11.8. The number of rotatable bonds is 4. The molecule has 4 saturated carbocycles. The van der Waals surface area contributed by atoms with Crippen molar-refractivity contribution in [3.8, 4) is 5.69 Å². The number of aromatic nitrogens is 2. The SMILES string of the molecule is CC12CC3CC(C)(C1)CC(CC(=O)Nc1cccc4c(=O)n(-c5cccnc5)ccc14)(C3)C2. The van der Waals surface area contributed by atoms with Crippen LogP contribution in [0.25, 0.3) is 16.5 Å². The minimum Gasteiger partial charge on any atom is -0.325 e. The number of pyridine rings is 2. The van der Waals surface area contributed by atoms with Crippen molar-refractivity contribution < 1.29 is 4.79 Å². The lowest BCUT2D eigenvalue weighted by atomic mass is 9.40. The van der Waals surface area contributed by atoms with Crippen LogP contribution in [0.2, 0.25) is 0 Å². The highest BCUT2D eigenvalue weighted by Gasteiger charge is 2.60. The molecule has 2 unspecified atom stereocenters. The Labute approximate surface area is 194 Å². The molecule has 1 aromatic carbocycles. The van der Waals surface area contributed by atoms with Crippen molar-refractivity contribution in [2.45, 2.75) is 58.8 Å². The fourth-order valence-electron chi connectivity index (χ4n) is 8.50. The first-order valence-electron chi connectivity index (χ1n) is 12.1. The number of amides is 1. The summed E-state index contributed by atoms with van der Waals surface area (Å²) < 4.78 is 1.59. The Morgan fingerprint density at radius 3 is 2.52 bits per heavy atom. The van der Waals surface area contributed by atoms with Gasteiger partial charge in [0.25, 0.3) is 5.56 Å². The molecule has 1 N–H and O–H groups in total. The largest absolute Gasteiger partial charge is 0.325 e. The second-order valence-electron chi connectivity index (χ2n) is 11.8. The van der Waals surface area contributed by atoms with Gasteiger partial charge in [0.15, 0.2) is 0 Å². The number of benzene rings is 1. The molecule has 2 heterocycles. The third-order valence-electron chi connectivity index (χ3n) is 8.42. The number of anilines is 1. The molecule has 7 rings (SSSR count). The maximum atomic E-state index is 13.3. The summed E-state index contributed by atoms with van der Waals surface area (Å²) in [6.45, 7) is 4.89. The van der Waals surface area contributed by atoms with Gasteiger partial charge >= 0.3 is 0 Å². The molecule has 2 atom stereocenters. The number of hydrogen-bond donors (Lipinski definition) is 1. The first-order chi connectivity index (χ1) is 15.8. The number of nitrogens with one attached hydrogen (secondary N) is 1. The van der Waals surface area contributed by atoms with E-state index in [1.165, 1.54) is 38.5 Å². The second kappa shape index (κ2) is 7.02. The van der Waals surface area contributed by atoms with Crippen LogP contribution < -0.4 is 10.9 Å². The van der Waals surface area contributed by atoms with Crippen molar-refractivity contribution in [1.29, 1.82) is 0 Å². The average molecular weight is 442 g/mol. The van der Waals surface area contributed by atoms with Gasteiger partial charge in [-0.05, 0) is 91.0 Å². The molecule has 33 heavy (non-hydrogen) atoms. The van der Waals surface area contributed by atoms with Crippen LogP contribution in [0.15, 0.2) is 59.8 Å². The Bertz CT molecular complexity index is 1290. The van der Waals surface area contributed by atoms with Crippen LogP contribution in [-0.4, -0.2) is 15.5 Å². The number of nitrogens with zero attached hydrogens (tertiary/aromatic N) is 2. The van der Waals surface area contributed by atoms with Crippen LogP contribution >= 0.6 is 0 Å². The van der Waals surface area contributed by atoms with Crippen molar-refractivity contribution >= 4 is 22.4 Å². The van der Waals surface area contributed by atoms with E-state index in [0.717, 1.165) is 22.7 Å². The third kappa shape index (κ3) is 3.49. The van der Waals surface area contributed by atoms with Crippen LogP contribution in [-0.2, 0) is 4.79 Å². The lowest BCUT2D eigenvalue weighted by molar-refractivity contribution is -0.153. The molecule has 5 heteroatoms. The topological polar surface area (TPSA) is 64.0 Å². The van der Waals surface area contributed by atoms with E-state index in [0.29, 0.717) is 22.6 Å². The smallest absolute Gasteiger partial charge is 0.263 e. The molecule has 0 saturated heterocycles. The summed E-state index contributed by atoms with van der Waals surface area (Å²) in [5.74, 6) is 0.848. The molecule has 4 aliphatic rings. The summed E-state index contributed by atoms with van der Waals surface area (Å²) in [5, 5.41) is 4.54. The van der Waals surface area contributed by atoms with Crippen molar-refractivity contribution in [2.75, 3.05) is 5.32 Å². The average Bonchev–Trinajstić information content (AvgIpc) is 2.72. The maximum Gasteiger partial charge on any atom is 0.263 e. The van der Waals surface area contributed by atoms with Crippen LogP contribution in [0.5, 0.6) is 0 Å². The summed E-state index contributed by atoms with van der Waals surface area (Å²) in [7, 11) is 0. The molecular formula is C28H31N3O2. The fourth-order valence-corrected chi connectivity index (χ4v) is 8.50. The lowest BCUT2D eigenvalue weighted by Gasteiger charge is -2.65. The van der Waals surface area contributed by atoms with Crippen molar-refractivity contribution in [3.63, 3.8) is 0 Å². The van der Waals surface area contributed by atoms with Gasteiger partial charge in [0, 0.05) is 35.3 Å². The summed E-state index contributed by atoms with van der Waals surface area (Å²) in [4.78, 5) is 30.6.